The number of nitrogens with zero attached hydrogens (tertiary/aromatic N) is 3. The van der Waals surface area contributed by atoms with Crippen LogP contribution >= 0.6 is 22.7 Å². The molecule has 1 aromatic carbocycles. The van der Waals surface area contributed by atoms with Gasteiger partial charge in [-0.2, -0.15) is 0 Å². The molecule has 0 radical (unpaired) electrons. The maximum absolute atomic E-state index is 10.7. The third-order valence-electron chi connectivity index (χ3n) is 2.48. The predicted octanol–water partition coefficient (Wildman–Crippen LogP) is 4.18. The third-order valence-corrected chi connectivity index (χ3v) is 4.40. The van der Waals surface area contributed by atoms with Crippen LogP contribution in [0.4, 0.5) is 10.1 Å². The molecule has 0 atom stereocenters. The Hall–Kier alpha value is -2.32. The summed E-state index contributed by atoms with van der Waals surface area (Å²) in [6.07, 6.45) is 1.23. The summed E-state index contributed by atoms with van der Waals surface area (Å²) in [4.78, 5) is 14.7. The van der Waals surface area contributed by atoms with E-state index in [1.807, 2.05) is 18.2 Å². The van der Waals surface area contributed by atoms with Gasteiger partial charge in [-0.15, -0.1) is 21.6 Å². The lowest BCUT2D eigenvalue weighted by Crippen LogP contribution is -1.89. The van der Waals surface area contributed by atoms with Crippen LogP contribution in [-0.2, 0) is 0 Å². The first-order valence-electron chi connectivity index (χ1n) is 5.46. The fraction of sp³-hybridized carbons (Fsp3) is 0. The van der Waals surface area contributed by atoms with Crippen molar-refractivity contribution in [1.82, 2.24) is 4.98 Å². The molecular formula is C12H7N3O3S2. The van der Waals surface area contributed by atoms with E-state index in [1.165, 1.54) is 17.5 Å². The molecule has 3 rings (SSSR count). The van der Waals surface area contributed by atoms with E-state index in [2.05, 4.69) is 15.2 Å². The Morgan fingerprint density at radius 2 is 2.00 bits per heavy atom. The van der Waals surface area contributed by atoms with Gasteiger partial charge in [-0.1, -0.05) is 23.5 Å². The summed E-state index contributed by atoms with van der Waals surface area (Å²) < 4.78 is 0.907. The summed E-state index contributed by atoms with van der Waals surface area (Å²) in [6.45, 7) is 0. The molecule has 0 saturated carbocycles. The molecule has 6 nitrogen and oxygen atoms in total. The average Bonchev–Trinajstić information content (AvgIpc) is 3.03. The molecule has 0 fully saturated rings. The molecule has 0 aliphatic carbocycles. The van der Waals surface area contributed by atoms with E-state index < -0.39 is 5.97 Å². The monoisotopic (exact) mass is 305 g/mol. The zero-order valence-corrected chi connectivity index (χ0v) is 11.5. The summed E-state index contributed by atoms with van der Waals surface area (Å²) in [5.74, 6) is -0.974. The zero-order valence-electron chi connectivity index (χ0n) is 9.85. The number of aromatic hydroxyl groups is 1. The molecule has 2 heterocycles. The van der Waals surface area contributed by atoms with Crippen LogP contribution in [0.5, 0.6) is 5.75 Å². The molecule has 3 aromatic rings. The Balaban J connectivity index is 1.93. The second-order valence-electron chi connectivity index (χ2n) is 3.76. The highest BCUT2D eigenvalue weighted by Gasteiger charge is 2.11. The normalized spacial score (nSPS) is 11.4. The molecule has 0 amide bonds. The number of azo groups is 1. The fourth-order valence-electron chi connectivity index (χ4n) is 1.58. The van der Waals surface area contributed by atoms with E-state index in [9.17, 15) is 9.90 Å². The van der Waals surface area contributed by atoms with Gasteiger partial charge in [0.2, 0.25) is 5.13 Å². The topological polar surface area (TPSA) is 95.1 Å². The van der Waals surface area contributed by atoms with Gasteiger partial charge in [0.05, 0.1) is 6.20 Å². The van der Waals surface area contributed by atoms with Crippen LogP contribution in [0.25, 0.3) is 10.1 Å². The Morgan fingerprint density at radius 3 is 2.70 bits per heavy atom. The molecule has 100 valence electrons. The molecule has 2 aromatic heterocycles. The highest BCUT2D eigenvalue weighted by molar-refractivity contribution is 7.23. The van der Waals surface area contributed by atoms with E-state index in [1.54, 1.807) is 6.07 Å². The number of aromatic carboxylic acids is 1. The minimum Gasteiger partial charge on any atom is -0.504 e. The van der Waals surface area contributed by atoms with Crippen molar-refractivity contribution in [2.45, 2.75) is 0 Å². The van der Waals surface area contributed by atoms with Crippen LogP contribution in [0.1, 0.15) is 9.67 Å². The molecular weight excluding hydrogens is 298 g/mol. The number of carboxylic acids is 1. The number of carboxylic acid groups (broad SMARTS) is 1. The summed E-state index contributed by atoms with van der Waals surface area (Å²) in [6, 6.07) is 7.38. The van der Waals surface area contributed by atoms with Crippen molar-refractivity contribution in [2.24, 2.45) is 10.2 Å². The second-order valence-corrected chi connectivity index (χ2v) is 5.80. The largest absolute Gasteiger partial charge is 0.504 e. The number of benzene rings is 1. The lowest BCUT2D eigenvalue weighted by molar-refractivity contribution is 0.0702. The fourth-order valence-corrected chi connectivity index (χ4v) is 3.08. The standard InChI is InChI=1S/C12H7N3O3S2/c16-9-6-3-1-2-4-7(6)19-10(9)14-15-12-13-5-8(20-12)11(17)18/h1-5,16H,(H,17,18)/b15-14+. The summed E-state index contributed by atoms with van der Waals surface area (Å²) in [5.41, 5.74) is 0. The minimum absolute atomic E-state index is 0.0735. The number of thiazole rings is 1. The van der Waals surface area contributed by atoms with Gasteiger partial charge in [-0.3, -0.25) is 0 Å². The molecule has 0 aliphatic heterocycles. The quantitative estimate of drug-likeness (QED) is 0.710. The van der Waals surface area contributed by atoms with Gasteiger partial charge in [0.1, 0.15) is 4.88 Å². The first-order valence-corrected chi connectivity index (χ1v) is 7.10. The zero-order chi connectivity index (χ0) is 14.1. The van der Waals surface area contributed by atoms with Crippen LogP contribution < -0.4 is 0 Å². The van der Waals surface area contributed by atoms with E-state index >= 15 is 0 Å². The summed E-state index contributed by atoms with van der Waals surface area (Å²) >= 11 is 2.23. The van der Waals surface area contributed by atoms with Gasteiger partial charge in [0, 0.05) is 10.1 Å². The van der Waals surface area contributed by atoms with Crippen molar-refractivity contribution in [3.05, 3.63) is 35.3 Å². The molecule has 20 heavy (non-hydrogen) atoms. The highest BCUT2D eigenvalue weighted by atomic mass is 32.1. The van der Waals surface area contributed by atoms with Gasteiger partial charge >= 0.3 is 5.97 Å². The molecule has 0 spiro atoms. The molecule has 2 N–H and O–H groups in total. The number of hydrogen-bond donors (Lipinski definition) is 2. The van der Waals surface area contributed by atoms with Gasteiger partial charge in [0.25, 0.3) is 0 Å². The molecule has 0 bridgehead atoms. The Bertz CT molecular complexity index is 822. The van der Waals surface area contributed by atoms with Crippen molar-refractivity contribution in [3.63, 3.8) is 0 Å². The average molecular weight is 305 g/mol. The van der Waals surface area contributed by atoms with Crippen LogP contribution in [0.2, 0.25) is 0 Å². The highest BCUT2D eigenvalue weighted by Crippen LogP contribution is 2.43. The summed E-state index contributed by atoms with van der Waals surface area (Å²) in [7, 11) is 0. The third kappa shape index (κ3) is 2.26. The van der Waals surface area contributed by atoms with Crippen molar-refractivity contribution < 1.29 is 15.0 Å². The number of carbonyl (C=O) groups is 1. The molecule has 0 aliphatic rings. The van der Waals surface area contributed by atoms with Crippen molar-refractivity contribution in [1.29, 1.82) is 0 Å². The number of fused-ring (bicyclic) bond motifs is 1. The first-order chi connectivity index (χ1) is 9.65. The number of rotatable bonds is 3. The van der Waals surface area contributed by atoms with Crippen LogP contribution in [-0.4, -0.2) is 21.2 Å². The lowest BCUT2D eigenvalue weighted by atomic mass is 10.2. The van der Waals surface area contributed by atoms with Crippen molar-refractivity contribution in [3.8, 4) is 5.75 Å². The van der Waals surface area contributed by atoms with Crippen LogP contribution in [0.15, 0.2) is 40.7 Å². The first kappa shape index (κ1) is 12.7. The maximum Gasteiger partial charge on any atom is 0.347 e. The second kappa shape index (κ2) is 4.99. The minimum atomic E-state index is -1.05. The molecule has 0 saturated heterocycles. The number of hydrogen-bond acceptors (Lipinski definition) is 7. The van der Waals surface area contributed by atoms with Gasteiger partial charge in [0.15, 0.2) is 10.8 Å². The Labute approximate surface area is 120 Å². The van der Waals surface area contributed by atoms with Gasteiger partial charge in [-0.25, -0.2) is 9.78 Å². The number of aromatic nitrogens is 1. The van der Waals surface area contributed by atoms with Crippen molar-refractivity contribution >= 4 is 48.9 Å². The smallest absolute Gasteiger partial charge is 0.347 e. The van der Waals surface area contributed by atoms with E-state index in [4.69, 9.17) is 5.11 Å². The van der Waals surface area contributed by atoms with E-state index in [0.29, 0.717) is 5.00 Å². The van der Waals surface area contributed by atoms with E-state index in [-0.39, 0.29) is 15.8 Å². The molecule has 0 unspecified atom stereocenters. The molecule has 8 heteroatoms. The number of thiophene rings is 1. The lowest BCUT2D eigenvalue weighted by Gasteiger charge is -1.88. The van der Waals surface area contributed by atoms with Crippen LogP contribution in [0, 0.1) is 0 Å². The van der Waals surface area contributed by atoms with Crippen molar-refractivity contribution in [2.75, 3.05) is 0 Å². The summed E-state index contributed by atoms with van der Waals surface area (Å²) in [5, 5.41) is 27.9. The predicted molar refractivity (Wildman–Crippen MR) is 76.7 cm³/mol. The Morgan fingerprint density at radius 1 is 1.20 bits per heavy atom. The van der Waals surface area contributed by atoms with E-state index in [0.717, 1.165) is 21.4 Å². The van der Waals surface area contributed by atoms with Gasteiger partial charge in [-0.05, 0) is 12.1 Å². The SMILES string of the molecule is O=C(O)c1cnc(/N=N/c2sc3ccccc3c2O)s1. The van der Waals surface area contributed by atoms with Gasteiger partial charge < -0.3 is 10.2 Å². The maximum atomic E-state index is 10.7. The van der Waals surface area contributed by atoms with Crippen LogP contribution in [0.3, 0.4) is 0 Å². The Kier molecular flexibility index (Phi) is 3.17.